The normalized spacial score (nSPS) is 11.5. The highest BCUT2D eigenvalue weighted by Crippen LogP contribution is 2.55. The largest absolute Gasteiger partial charge is 0.296 e. The van der Waals surface area contributed by atoms with Gasteiger partial charge in [-0.2, -0.15) is 0 Å². The Hall–Kier alpha value is -2.24. The molecule has 0 atom stereocenters. The molecule has 0 aliphatic heterocycles. The molecule has 3 aromatic carbocycles. The number of hydrogen-bond donors (Lipinski definition) is 0. The van der Waals surface area contributed by atoms with Gasteiger partial charge in [0, 0.05) is 6.42 Å². The van der Waals surface area contributed by atoms with Crippen molar-refractivity contribution in [3.63, 3.8) is 0 Å². The molecule has 3 rings (SSSR count). The molecular formula is C24H26OP+. The minimum atomic E-state index is -2.02. The van der Waals surface area contributed by atoms with Crippen LogP contribution in [0.1, 0.15) is 20.3 Å². The van der Waals surface area contributed by atoms with Gasteiger partial charge < -0.3 is 0 Å². The van der Waals surface area contributed by atoms with Crippen LogP contribution in [0.3, 0.4) is 0 Å². The van der Waals surface area contributed by atoms with Crippen molar-refractivity contribution >= 4 is 29.0 Å². The van der Waals surface area contributed by atoms with Gasteiger partial charge in [0.25, 0.3) is 0 Å². The molecule has 0 bridgehead atoms. The average molecular weight is 361 g/mol. The number of ketones is 1. The summed E-state index contributed by atoms with van der Waals surface area (Å²) in [6, 6.07) is 31.8. The minimum Gasteiger partial charge on any atom is -0.296 e. The lowest BCUT2D eigenvalue weighted by Gasteiger charge is -2.27. The Morgan fingerprint density at radius 2 is 1.04 bits per heavy atom. The molecule has 0 aromatic heterocycles. The lowest BCUT2D eigenvalue weighted by atomic mass is 10.1. The predicted octanol–water partition coefficient (Wildman–Crippen LogP) is 4.60. The van der Waals surface area contributed by atoms with Crippen molar-refractivity contribution < 1.29 is 4.79 Å². The zero-order valence-corrected chi connectivity index (χ0v) is 16.4. The molecule has 132 valence electrons. The van der Waals surface area contributed by atoms with Crippen LogP contribution >= 0.6 is 7.26 Å². The molecule has 2 heteroatoms. The highest BCUT2D eigenvalue weighted by Gasteiger charge is 2.46. The van der Waals surface area contributed by atoms with E-state index in [0.717, 1.165) is 0 Å². The molecule has 0 amide bonds. The minimum absolute atomic E-state index is 0.352. The summed E-state index contributed by atoms with van der Waals surface area (Å²) in [5.74, 6) is 0.733. The van der Waals surface area contributed by atoms with Crippen molar-refractivity contribution in [3.05, 3.63) is 91.0 Å². The summed E-state index contributed by atoms with van der Waals surface area (Å²) in [5, 5.41) is 3.82. The van der Waals surface area contributed by atoms with Gasteiger partial charge in [0.15, 0.2) is 5.78 Å². The molecule has 0 fully saturated rings. The summed E-state index contributed by atoms with van der Waals surface area (Å²) >= 11 is 0. The van der Waals surface area contributed by atoms with E-state index < -0.39 is 7.26 Å². The predicted molar refractivity (Wildman–Crippen MR) is 114 cm³/mol. The van der Waals surface area contributed by atoms with E-state index in [1.165, 1.54) is 15.9 Å². The first kappa shape index (κ1) is 18.5. The maximum absolute atomic E-state index is 13.0. The molecule has 26 heavy (non-hydrogen) atoms. The Morgan fingerprint density at radius 1 is 0.692 bits per heavy atom. The molecule has 0 aliphatic rings. The molecule has 1 nitrogen and oxygen atoms in total. The highest BCUT2D eigenvalue weighted by atomic mass is 31.2. The van der Waals surface area contributed by atoms with Crippen LogP contribution in [0.5, 0.6) is 0 Å². The van der Waals surface area contributed by atoms with Crippen molar-refractivity contribution in [1.82, 2.24) is 0 Å². The molecular weight excluding hydrogens is 335 g/mol. The Bertz CT molecular complexity index is 729. The van der Waals surface area contributed by atoms with E-state index in [4.69, 9.17) is 0 Å². The Kier molecular flexibility index (Phi) is 6.01. The molecule has 0 radical (unpaired) electrons. The van der Waals surface area contributed by atoms with Crippen LogP contribution in [0.25, 0.3) is 0 Å². The standard InChI is InChI=1S/C24H26OP/c1-20(2)18-21(25)19-26(22-12-6-3-7-13-22,23-14-8-4-9-15-23)24-16-10-5-11-17-24/h3-17,20H,18-19H2,1-2H3/q+1. The number of hydrogen-bond acceptors (Lipinski definition) is 1. The maximum atomic E-state index is 13.0. The van der Waals surface area contributed by atoms with E-state index in [-0.39, 0.29) is 0 Å². The number of Topliss-reactive ketones (excluding diaryl/α,β-unsaturated/α-hetero) is 1. The van der Waals surface area contributed by atoms with E-state index in [0.29, 0.717) is 24.3 Å². The maximum Gasteiger partial charge on any atom is 0.171 e. The quantitative estimate of drug-likeness (QED) is 0.562. The van der Waals surface area contributed by atoms with Crippen molar-refractivity contribution in [2.45, 2.75) is 20.3 Å². The van der Waals surface area contributed by atoms with Gasteiger partial charge in [-0.05, 0) is 42.3 Å². The summed E-state index contributed by atoms with van der Waals surface area (Å²) in [7, 11) is -2.02. The van der Waals surface area contributed by atoms with Crippen LogP contribution in [0.15, 0.2) is 91.0 Å². The van der Waals surface area contributed by atoms with Gasteiger partial charge in [0.2, 0.25) is 0 Å². The molecule has 0 saturated heterocycles. The Balaban J connectivity index is 2.23. The van der Waals surface area contributed by atoms with Gasteiger partial charge in [-0.1, -0.05) is 68.4 Å². The van der Waals surface area contributed by atoms with E-state index in [1.54, 1.807) is 0 Å². The molecule has 0 unspecified atom stereocenters. The summed E-state index contributed by atoms with van der Waals surface area (Å²) in [6.45, 7) is 4.23. The van der Waals surface area contributed by atoms with Crippen molar-refractivity contribution in [3.8, 4) is 0 Å². The zero-order valence-electron chi connectivity index (χ0n) is 15.5. The number of benzene rings is 3. The molecule has 0 N–H and O–H groups in total. The SMILES string of the molecule is CC(C)CC(=O)C[P+](c1ccccc1)(c1ccccc1)c1ccccc1. The first-order valence-electron chi connectivity index (χ1n) is 9.19. The lowest BCUT2D eigenvalue weighted by Crippen LogP contribution is -2.36. The van der Waals surface area contributed by atoms with Gasteiger partial charge in [-0.15, -0.1) is 0 Å². The third-order valence-electron chi connectivity index (χ3n) is 4.64. The molecule has 0 saturated carbocycles. The van der Waals surface area contributed by atoms with Crippen LogP contribution in [0, 0.1) is 5.92 Å². The highest BCUT2D eigenvalue weighted by molar-refractivity contribution is 7.96. The number of carbonyl (C=O) groups is 1. The third-order valence-corrected chi connectivity index (χ3v) is 9.01. The summed E-state index contributed by atoms with van der Waals surface area (Å²) in [6.07, 6.45) is 1.22. The van der Waals surface area contributed by atoms with E-state index in [9.17, 15) is 4.79 Å². The van der Waals surface area contributed by atoms with Gasteiger partial charge >= 0.3 is 0 Å². The van der Waals surface area contributed by atoms with Crippen LogP contribution in [-0.2, 0) is 4.79 Å². The van der Waals surface area contributed by atoms with Crippen LogP contribution in [0.4, 0.5) is 0 Å². The molecule has 0 heterocycles. The first-order chi connectivity index (χ1) is 12.6. The molecule has 0 aliphatic carbocycles. The second-order valence-electron chi connectivity index (χ2n) is 7.11. The second-order valence-corrected chi connectivity index (χ2v) is 10.6. The number of rotatable bonds is 7. The summed E-state index contributed by atoms with van der Waals surface area (Å²) < 4.78 is 0. The fourth-order valence-electron chi connectivity index (χ4n) is 3.55. The van der Waals surface area contributed by atoms with E-state index in [1.807, 2.05) is 18.2 Å². The smallest absolute Gasteiger partial charge is 0.171 e. The van der Waals surface area contributed by atoms with E-state index in [2.05, 4.69) is 86.6 Å². The fraction of sp³-hybridized carbons (Fsp3) is 0.208. The fourth-order valence-corrected chi connectivity index (χ4v) is 7.70. The van der Waals surface area contributed by atoms with Crippen molar-refractivity contribution in [1.29, 1.82) is 0 Å². The molecule has 0 spiro atoms. The van der Waals surface area contributed by atoms with Gasteiger partial charge in [-0.3, -0.25) is 4.79 Å². The number of carbonyl (C=O) groups excluding carboxylic acids is 1. The lowest BCUT2D eigenvalue weighted by molar-refractivity contribution is -0.117. The van der Waals surface area contributed by atoms with Gasteiger partial charge in [0.05, 0.1) is 0 Å². The zero-order chi connectivity index (χ0) is 18.4. The summed E-state index contributed by atoms with van der Waals surface area (Å²) in [4.78, 5) is 13.0. The second kappa shape index (κ2) is 8.43. The monoisotopic (exact) mass is 361 g/mol. The van der Waals surface area contributed by atoms with E-state index >= 15 is 0 Å². The topological polar surface area (TPSA) is 17.1 Å². The van der Waals surface area contributed by atoms with Crippen LogP contribution in [-0.4, -0.2) is 11.9 Å². The average Bonchev–Trinajstić information content (AvgIpc) is 2.67. The van der Waals surface area contributed by atoms with Crippen molar-refractivity contribution in [2.24, 2.45) is 5.92 Å². The van der Waals surface area contributed by atoms with Crippen LogP contribution in [0.2, 0.25) is 0 Å². The van der Waals surface area contributed by atoms with Gasteiger partial charge in [-0.25, -0.2) is 0 Å². The Morgan fingerprint density at radius 3 is 1.35 bits per heavy atom. The summed E-state index contributed by atoms with van der Waals surface area (Å²) in [5.41, 5.74) is 0. The molecule has 3 aromatic rings. The third kappa shape index (κ3) is 3.94. The van der Waals surface area contributed by atoms with Crippen LogP contribution < -0.4 is 15.9 Å². The van der Waals surface area contributed by atoms with Crippen molar-refractivity contribution in [2.75, 3.05) is 6.16 Å². The Labute approximate surface area is 157 Å². The first-order valence-corrected chi connectivity index (χ1v) is 11.2. The van der Waals surface area contributed by atoms with Gasteiger partial charge in [0.1, 0.15) is 29.3 Å².